The van der Waals surface area contributed by atoms with Crippen molar-refractivity contribution in [2.75, 3.05) is 0 Å². The van der Waals surface area contributed by atoms with E-state index in [-0.39, 0.29) is 0 Å². The standard InChI is InChI=1S/C14H23NO2S/c1-11(2)9-12-7-6-8-13(10-12)18(16,17)15-14(3,4)5/h6-8,10-11,15H,9H2,1-5H3. The highest BCUT2D eigenvalue weighted by atomic mass is 32.2. The number of nitrogens with one attached hydrogen (secondary N) is 1. The van der Waals surface area contributed by atoms with Crippen LogP contribution in [0.25, 0.3) is 0 Å². The molecule has 0 aliphatic rings. The van der Waals surface area contributed by atoms with Gasteiger partial charge in [-0.3, -0.25) is 0 Å². The zero-order chi connectivity index (χ0) is 14.0. The minimum absolute atomic E-state index is 0.343. The fourth-order valence-electron chi connectivity index (χ4n) is 1.77. The predicted molar refractivity (Wildman–Crippen MR) is 75.1 cm³/mol. The zero-order valence-corrected chi connectivity index (χ0v) is 12.6. The average Bonchev–Trinajstić information content (AvgIpc) is 2.13. The highest BCUT2D eigenvalue weighted by Gasteiger charge is 2.21. The van der Waals surface area contributed by atoms with E-state index in [1.807, 2.05) is 26.8 Å². The summed E-state index contributed by atoms with van der Waals surface area (Å²) in [6, 6.07) is 7.16. The SMILES string of the molecule is CC(C)Cc1cccc(S(=O)(=O)NC(C)(C)C)c1. The Morgan fingerprint density at radius 3 is 2.33 bits per heavy atom. The molecule has 1 rings (SSSR count). The number of hydrogen-bond acceptors (Lipinski definition) is 2. The lowest BCUT2D eigenvalue weighted by Gasteiger charge is -2.20. The minimum atomic E-state index is -3.43. The van der Waals surface area contributed by atoms with Crippen LogP contribution in [0, 0.1) is 5.92 Å². The van der Waals surface area contributed by atoms with Crippen molar-refractivity contribution < 1.29 is 8.42 Å². The van der Waals surface area contributed by atoms with Crippen LogP contribution in [0.1, 0.15) is 40.2 Å². The van der Waals surface area contributed by atoms with Gasteiger partial charge in [-0.15, -0.1) is 0 Å². The number of benzene rings is 1. The second-order valence-corrected chi connectivity index (χ2v) is 7.78. The summed E-state index contributed by atoms with van der Waals surface area (Å²) in [6.45, 7) is 9.75. The molecule has 3 nitrogen and oxygen atoms in total. The first-order valence-electron chi connectivity index (χ1n) is 6.23. The van der Waals surface area contributed by atoms with Crippen molar-refractivity contribution >= 4 is 10.0 Å². The second-order valence-electron chi connectivity index (χ2n) is 6.10. The summed E-state index contributed by atoms with van der Waals surface area (Å²) in [5, 5.41) is 0. The molecule has 18 heavy (non-hydrogen) atoms. The molecule has 0 aliphatic heterocycles. The maximum Gasteiger partial charge on any atom is 0.241 e. The lowest BCUT2D eigenvalue weighted by Crippen LogP contribution is -2.40. The summed E-state index contributed by atoms with van der Waals surface area (Å²) < 4.78 is 27.0. The molecule has 0 radical (unpaired) electrons. The average molecular weight is 269 g/mol. The van der Waals surface area contributed by atoms with E-state index in [1.165, 1.54) is 0 Å². The number of rotatable bonds is 4. The van der Waals surface area contributed by atoms with Crippen LogP contribution in [0.3, 0.4) is 0 Å². The normalized spacial score (nSPS) is 13.0. The van der Waals surface area contributed by atoms with Gasteiger partial charge in [0.25, 0.3) is 0 Å². The summed E-state index contributed by atoms with van der Waals surface area (Å²) in [7, 11) is -3.43. The van der Waals surface area contributed by atoms with Gasteiger partial charge in [-0.1, -0.05) is 26.0 Å². The zero-order valence-electron chi connectivity index (χ0n) is 11.8. The summed E-state index contributed by atoms with van der Waals surface area (Å²) in [4.78, 5) is 0.343. The van der Waals surface area contributed by atoms with Crippen molar-refractivity contribution in [3.63, 3.8) is 0 Å². The third-order valence-corrected chi connectivity index (χ3v) is 4.05. The van der Waals surface area contributed by atoms with Crippen molar-refractivity contribution in [3.05, 3.63) is 29.8 Å². The highest BCUT2D eigenvalue weighted by Crippen LogP contribution is 2.16. The molecule has 102 valence electrons. The summed E-state index contributed by atoms with van der Waals surface area (Å²) in [5.41, 5.74) is 0.592. The molecule has 0 spiro atoms. The van der Waals surface area contributed by atoms with Gasteiger partial charge < -0.3 is 0 Å². The molecule has 0 fully saturated rings. The second kappa shape index (κ2) is 5.41. The molecule has 0 heterocycles. The van der Waals surface area contributed by atoms with E-state index >= 15 is 0 Å². The Morgan fingerprint density at radius 2 is 1.83 bits per heavy atom. The van der Waals surface area contributed by atoms with Gasteiger partial charge >= 0.3 is 0 Å². The predicted octanol–water partition coefficient (Wildman–Crippen LogP) is 2.96. The van der Waals surface area contributed by atoms with Gasteiger partial charge in [0.1, 0.15) is 0 Å². The van der Waals surface area contributed by atoms with E-state index in [2.05, 4.69) is 18.6 Å². The van der Waals surface area contributed by atoms with Crippen LogP contribution in [0.15, 0.2) is 29.2 Å². The maximum atomic E-state index is 12.2. The first-order valence-corrected chi connectivity index (χ1v) is 7.71. The molecule has 0 atom stereocenters. The fourth-order valence-corrected chi connectivity index (χ4v) is 3.26. The van der Waals surface area contributed by atoms with Crippen LogP contribution < -0.4 is 4.72 Å². The van der Waals surface area contributed by atoms with Gasteiger partial charge in [-0.05, 0) is 50.8 Å². The molecule has 0 amide bonds. The Bertz CT molecular complexity index is 499. The molecule has 0 unspecified atom stereocenters. The largest absolute Gasteiger partial charge is 0.241 e. The third-order valence-electron chi connectivity index (χ3n) is 2.29. The van der Waals surface area contributed by atoms with Gasteiger partial charge in [0, 0.05) is 5.54 Å². The van der Waals surface area contributed by atoms with Gasteiger partial charge in [0.05, 0.1) is 4.90 Å². The summed E-state index contributed by atoms with van der Waals surface area (Å²) in [6.07, 6.45) is 0.888. The lowest BCUT2D eigenvalue weighted by atomic mass is 10.0. The molecule has 4 heteroatoms. The van der Waals surface area contributed by atoms with Crippen LogP contribution in [-0.2, 0) is 16.4 Å². The van der Waals surface area contributed by atoms with Gasteiger partial charge in [-0.2, -0.15) is 0 Å². The fraction of sp³-hybridized carbons (Fsp3) is 0.571. The van der Waals surface area contributed by atoms with Crippen molar-refractivity contribution in [2.45, 2.75) is 51.5 Å². The molecule has 0 bridgehead atoms. The van der Waals surface area contributed by atoms with Crippen molar-refractivity contribution in [2.24, 2.45) is 5.92 Å². The van der Waals surface area contributed by atoms with Gasteiger partial charge in [0.2, 0.25) is 10.0 Å². The first-order chi connectivity index (χ1) is 8.10. The minimum Gasteiger partial charge on any atom is -0.207 e. The summed E-state index contributed by atoms with van der Waals surface area (Å²) >= 11 is 0. The lowest BCUT2D eigenvalue weighted by molar-refractivity contribution is 0.491. The van der Waals surface area contributed by atoms with E-state index in [4.69, 9.17) is 0 Å². The molecule has 1 N–H and O–H groups in total. The third kappa shape index (κ3) is 4.78. The monoisotopic (exact) mass is 269 g/mol. The number of hydrogen-bond donors (Lipinski definition) is 1. The smallest absolute Gasteiger partial charge is 0.207 e. The van der Waals surface area contributed by atoms with E-state index in [9.17, 15) is 8.42 Å². The van der Waals surface area contributed by atoms with E-state index < -0.39 is 15.6 Å². The van der Waals surface area contributed by atoms with E-state index in [0.29, 0.717) is 10.8 Å². The summed E-state index contributed by atoms with van der Waals surface area (Å²) in [5.74, 6) is 0.513. The van der Waals surface area contributed by atoms with E-state index in [0.717, 1.165) is 12.0 Å². The van der Waals surface area contributed by atoms with Crippen LogP contribution in [0.4, 0.5) is 0 Å². The Morgan fingerprint density at radius 1 is 1.22 bits per heavy atom. The molecular weight excluding hydrogens is 246 g/mol. The molecule has 1 aromatic rings. The molecule has 0 aromatic heterocycles. The van der Waals surface area contributed by atoms with Crippen LogP contribution in [0.5, 0.6) is 0 Å². The van der Waals surface area contributed by atoms with Crippen LogP contribution in [-0.4, -0.2) is 14.0 Å². The van der Waals surface area contributed by atoms with Gasteiger partial charge in [-0.25, -0.2) is 13.1 Å². The van der Waals surface area contributed by atoms with Gasteiger partial charge in [0.15, 0.2) is 0 Å². The molecule has 1 aromatic carbocycles. The van der Waals surface area contributed by atoms with Crippen LogP contribution in [0.2, 0.25) is 0 Å². The molecular formula is C14H23NO2S. The maximum absolute atomic E-state index is 12.2. The Hall–Kier alpha value is -0.870. The topological polar surface area (TPSA) is 46.2 Å². The Labute approximate surface area is 111 Å². The Balaban J connectivity index is 3.03. The van der Waals surface area contributed by atoms with Crippen molar-refractivity contribution in [1.29, 1.82) is 0 Å². The molecule has 0 saturated carbocycles. The van der Waals surface area contributed by atoms with Crippen molar-refractivity contribution in [3.8, 4) is 0 Å². The Kier molecular flexibility index (Phi) is 4.56. The number of sulfonamides is 1. The molecule has 0 saturated heterocycles. The van der Waals surface area contributed by atoms with Crippen molar-refractivity contribution in [1.82, 2.24) is 4.72 Å². The quantitative estimate of drug-likeness (QED) is 0.913. The van der Waals surface area contributed by atoms with Crippen LogP contribution >= 0.6 is 0 Å². The molecule has 0 aliphatic carbocycles. The highest BCUT2D eigenvalue weighted by molar-refractivity contribution is 7.89. The first kappa shape index (κ1) is 15.2. The van der Waals surface area contributed by atoms with E-state index in [1.54, 1.807) is 18.2 Å².